The van der Waals surface area contributed by atoms with Crippen LogP contribution in [0.1, 0.15) is 5.56 Å². The number of benzene rings is 2. The van der Waals surface area contributed by atoms with Crippen LogP contribution in [0, 0.1) is 0 Å². The van der Waals surface area contributed by atoms with Crippen LogP contribution in [0.3, 0.4) is 0 Å². The van der Waals surface area contributed by atoms with Crippen molar-refractivity contribution in [2.75, 3.05) is 0 Å². The molecule has 2 nitrogen and oxygen atoms in total. The Bertz CT molecular complexity index is 489. The van der Waals surface area contributed by atoms with Crippen LogP contribution in [-0.4, -0.2) is 5.11 Å². The number of phenolic OH excluding ortho intramolecular Hbond substituents is 1. The molecule has 0 saturated heterocycles. The van der Waals surface area contributed by atoms with Gasteiger partial charge in [0.1, 0.15) is 18.1 Å². The summed E-state index contributed by atoms with van der Waals surface area (Å²) in [6.45, 7) is 0.295. The average molecular weight is 269 g/mol. The maximum absolute atomic E-state index is 9.13. The number of aromatic hydroxyl groups is 1. The first-order chi connectivity index (χ1) is 8.16. The monoisotopic (exact) mass is 268 g/mol. The highest BCUT2D eigenvalue weighted by atomic mass is 35.5. The quantitative estimate of drug-likeness (QED) is 0.901. The van der Waals surface area contributed by atoms with Crippen molar-refractivity contribution >= 4 is 23.2 Å². The van der Waals surface area contributed by atoms with Crippen molar-refractivity contribution in [1.82, 2.24) is 0 Å². The number of rotatable bonds is 3. The van der Waals surface area contributed by atoms with Crippen LogP contribution >= 0.6 is 23.2 Å². The second-order valence-corrected chi connectivity index (χ2v) is 4.30. The minimum absolute atomic E-state index is 0.202. The molecule has 0 amide bonds. The minimum Gasteiger partial charge on any atom is -0.508 e. The highest BCUT2D eigenvalue weighted by Gasteiger charge is 2.06. The lowest BCUT2D eigenvalue weighted by Crippen LogP contribution is -1.97. The zero-order valence-electron chi connectivity index (χ0n) is 8.86. The normalized spacial score (nSPS) is 10.2. The van der Waals surface area contributed by atoms with Crippen LogP contribution in [0.2, 0.25) is 10.0 Å². The maximum Gasteiger partial charge on any atom is 0.120 e. The van der Waals surface area contributed by atoms with Crippen LogP contribution < -0.4 is 4.74 Å². The van der Waals surface area contributed by atoms with Crippen molar-refractivity contribution in [3.05, 3.63) is 58.1 Å². The molecule has 0 unspecified atom stereocenters. The Morgan fingerprint density at radius 1 is 0.941 bits per heavy atom. The fourth-order valence-electron chi connectivity index (χ4n) is 1.37. The first-order valence-electron chi connectivity index (χ1n) is 5.01. The van der Waals surface area contributed by atoms with E-state index in [1.807, 2.05) is 0 Å². The molecule has 0 spiro atoms. The van der Waals surface area contributed by atoms with Gasteiger partial charge in [-0.3, -0.25) is 0 Å². The van der Waals surface area contributed by atoms with Crippen molar-refractivity contribution in [1.29, 1.82) is 0 Å². The van der Waals surface area contributed by atoms with E-state index >= 15 is 0 Å². The van der Waals surface area contributed by atoms with Crippen LogP contribution in [0.4, 0.5) is 0 Å². The van der Waals surface area contributed by atoms with Crippen LogP contribution in [0.15, 0.2) is 42.5 Å². The predicted octanol–water partition coefficient (Wildman–Crippen LogP) is 4.28. The Hall–Kier alpha value is -1.38. The molecular formula is C13H10Cl2O2. The molecule has 1 N–H and O–H groups in total. The van der Waals surface area contributed by atoms with Gasteiger partial charge in [-0.05, 0) is 36.4 Å². The van der Waals surface area contributed by atoms with Crippen molar-refractivity contribution in [2.45, 2.75) is 6.61 Å². The average Bonchev–Trinajstić information content (AvgIpc) is 2.31. The molecule has 0 aliphatic heterocycles. The summed E-state index contributed by atoms with van der Waals surface area (Å²) in [5.74, 6) is 0.854. The first kappa shape index (κ1) is 12.1. The number of halogens is 2. The van der Waals surface area contributed by atoms with E-state index in [2.05, 4.69) is 0 Å². The lowest BCUT2D eigenvalue weighted by Gasteiger charge is -2.09. The molecule has 0 aromatic heterocycles. The van der Waals surface area contributed by atoms with E-state index in [0.717, 1.165) is 5.56 Å². The van der Waals surface area contributed by atoms with E-state index in [1.54, 1.807) is 42.5 Å². The van der Waals surface area contributed by atoms with Gasteiger partial charge in [0.25, 0.3) is 0 Å². The van der Waals surface area contributed by atoms with Crippen LogP contribution in [-0.2, 0) is 6.61 Å². The molecule has 0 aliphatic carbocycles. The third-order valence-corrected chi connectivity index (χ3v) is 2.99. The standard InChI is InChI=1S/C13H10Cl2O2/c14-12-2-1-3-13(15)11(12)8-17-10-6-4-9(16)5-7-10/h1-7,16H,8H2. The van der Waals surface area contributed by atoms with Crippen LogP contribution in [0.5, 0.6) is 11.5 Å². The summed E-state index contributed by atoms with van der Waals surface area (Å²) in [6, 6.07) is 11.8. The molecule has 0 radical (unpaired) electrons. The fraction of sp³-hybridized carbons (Fsp3) is 0.0769. The highest BCUT2D eigenvalue weighted by Crippen LogP contribution is 2.26. The molecule has 88 valence electrons. The Morgan fingerprint density at radius 2 is 1.53 bits per heavy atom. The van der Waals surface area contributed by atoms with E-state index < -0.39 is 0 Å². The number of phenols is 1. The van der Waals surface area contributed by atoms with Gasteiger partial charge in [-0.25, -0.2) is 0 Å². The second kappa shape index (κ2) is 5.30. The molecule has 0 bridgehead atoms. The predicted molar refractivity (Wildman–Crippen MR) is 68.9 cm³/mol. The van der Waals surface area contributed by atoms with Gasteiger partial charge < -0.3 is 9.84 Å². The zero-order chi connectivity index (χ0) is 12.3. The molecule has 0 aliphatic rings. The summed E-state index contributed by atoms with van der Waals surface area (Å²) in [7, 11) is 0. The van der Waals surface area contributed by atoms with Crippen molar-refractivity contribution < 1.29 is 9.84 Å². The van der Waals surface area contributed by atoms with E-state index in [1.165, 1.54) is 0 Å². The summed E-state index contributed by atoms with van der Waals surface area (Å²) < 4.78 is 5.53. The number of hydrogen-bond acceptors (Lipinski definition) is 2. The lowest BCUT2D eigenvalue weighted by atomic mass is 10.2. The maximum atomic E-state index is 9.13. The minimum atomic E-state index is 0.202. The molecule has 0 saturated carbocycles. The van der Waals surface area contributed by atoms with Crippen molar-refractivity contribution in [3.8, 4) is 11.5 Å². The number of hydrogen-bond donors (Lipinski definition) is 1. The topological polar surface area (TPSA) is 29.5 Å². The molecule has 0 fully saturated rings. The molecule has 17 heavy (non-hydrogen) atoms. The Balaban J connectivity index is 2.10. The summed E-state index contributed by atoms with van der Waals surface area (Å²) in [6.07, 6.45) is 0. The largest absolute Gasteiger partial charge is 0.508 e. The van der Waals surface area contributed by atoms with Gasteiger partial charge in [-0.15, -0.1) is 0 Å². The molecule has 2 aromatic rings. The smallest absolute Gasteiger partial charge is 0.120 e. The first-order valence-corrected chi connectivity index (χ1v) is 5.77. The molecule has 2 rings (SSSR count). The third-order valence-electron chi connectivity index (χ3n) is 2.28. The molecule has 2 aromatic carbocycles. The second-order valence-electron chi connectivity index (χ2n) is 3.48. The molecule has 0 heterocycles. The SMILES string of the molecule is Oc1ccc(OCc2c(Cl)cccc2Cl)cc1. The van der Waals surface area contributed by atoms with E-state index in [4.69, 9.17) is 33.0 Å². The molecule has 0 atom stereocenters. The Morgan fingerprint density at radius 3 is 2.12 bits per heavy atom. The van der Waals surface area contributed by atoms with E-state index in [9.17, 15) is 0 Å². The zero-order valence-corrected chi connectivity index (χ0v) is 10.4. The fourth-order valence-corrected chi connectivity index (χ4v) is 1.87. The number of ether oxygens (including phenoxy) is 1. The lowest BCUT2D eigenvalue weighted by molar-refractivity contribution is 0.306. The summed E-state index contributed by atoms with van der Waals surface area (Å²) in [4.78, 5) is 0. The summed E-state index contributed by atoms with van der Waals surface area (Å²) >= 11 is 12.0. The van der Waals surface area contributed by atoms with Crippen LogP contribution in [0.25, 0.3) is 0 Å². The third kappa shape index (κ3) is 3.05. The Labute approximate surface area is 109 Å². The van der Waals surface area contributed by atoms with Gasteiger partial charge in [0.2, 0.25) is 0 Å². The van der Waals surface area contributed by atoms with Gasteiger partial charge in [-0.1, -0.05) is 29.3 Å². The van der Waals surface area contributed by atoms with Gasteiger partial charge in [0.05, 0.1) is 0 Å². The van der Waals surface area contributed by atoms with Gasteiger partial charge >= 0.3 is 0 Å². The van der Waals surface area contributed by atoms with Gasteiger partial charge in [0, 0.05) is 15.6 Å². The van der Waals surface area contributed by atoms with Gasteiger partial charge in [-0.2, -0.15) is 0 Å². The van der Waals surface area contributed by atoms with Crippen molar-refractivity contribution in [2.24, 2.45) is 0 Å². The molecule has 4 heteroatoms. The summed E-state index contributed by atoms with van der Waals surface area (Å²) in [5, 5.41) is 10.3. The van der Waals surface area contributed by atoms with Gasteiger partial charge in [0.15, 0.2) is 0 Å². The molecular weight excluding hydrogens is 259 g/mol. The van der Waals surface area contributed by atoms with E-state index in [0.29, 0.717) is 22.4 Å². The Kier molecular flexibility index (Phi) is 3.77. The summed E-state index contributed by atoms with van der Waals surface area (Å²) in [5.41, 5.74) is 0.754. The van der Waals surface area contributed by atoms with E-state index in [-0.39, 0.29) is 5.75 Å². The van der Waals surface area contributed by atoms with Crippen molar-refractivity contribution in [3.63, 3.8) is 0 Å². The highest BCUT2D eigenvalue weighted by molar-refractivity contribution is 6.35.